The fourth-order valence-electron chi connectivity index (χ4n) is 1.35. The molecule has 114 valence electrons. The Labute approximate surface area is 119 Å². The lowest BCUT2D eigenvalue weighted by Crippen LogP contribution is -2.45. The monoisotopic (exact) mass is 310 g/mol. The van der Waals surface area contributed by atoms with Crippen LogP contribution in [-0.4, -0.2) is 35.2 Å². The first-order valence-corrected chi connectivity index (χ1v) is 9.71. The Bertz CT molecular complexity index is 237. The first-order chi connectivity index (χ1) is 9.07. The van der Waals surface area contributed by atoms with E-state index in [4.69, 9.17) is 21.1 Å². The molecule has 0 aromatic rings. The van der Waals surface area contributed by atoms with Crippen LogP contribution in [0.1, 0.15) is 27.7 Å². The van der Waals surface area contributed by atoms with Gasteiger partial charge in [0.05, 0.1) is 13.2 Å². The van der Waals surface area contributed by atoms with Crippen LogP contribution >= 0.6 is 10.9 Å². The van der Waals surface area contributed by atoms with Crippen LogP contribution in [0.25, 0.3) is 0 Å². The number of rotatable bonds is 12. The summed E-state index contributed by atoms with van der Waals surface area (Å²) in [5.74, 6) is 0. The van der Waals surface area contributed by atoms with Gasteiger partial charge in [0.2, 0.25) is 0 Å². The van der Waals surface area contributed by atoms with Crippen molar-refractivity contribution in [3.8, 4) is 0 Å². The summed E-state index contributed by atoms with van der Waals surface area (Å²) in [4.78, 5) is 0. The molecule has 0 spiro atoms. The maximum absolute atomic E-state index is 5.98. The van der Waals surface area contributed by atoms with Crippen molar-refractivity contribution in [1.82, 2.24) is 0 Å². The zero-order chi connectivity index (χ0) is 14.8. The molecular weight excluding hydrogens is 284 g/mol. The fourth-order valence-corrected chi connectivity index (χ4v) is 6.00. The molecule has 19 heavy (non-hydrogen) atoms. The standard InChI is InChI=1S/C12H26O5SSi/c1-7-13-18(11-5,14-8-2)17-19(12-6,15-9-3)16-10-4/h11-12H,5-10H2,1-4H3. The van der Waals surface area contributed by atoms with Gasteiger partial charge in [0, 0.05) is 18.6 Å². The van der Waals surface area contributed by atoms with Crippen LogP contribution in [0.15, 0.2) is 24.3 Å². The van der Waals surface area contributed by atoms with Crippen LogP contribution in [0.4, 0.5) is 0 Å². The Morgan fingerprint density at radius 2 is 1.37 bits per heavy atom. The van der Waals surface area contributed by atoms with Crippen molar-refractivity contribution in [3.05, 3.63) is 24.3 Å². The van der Waals surface area contributed by atoms with Crippen molar-refractivity contribution in [2.75, 3.05) is 26.4 Å². The Kier molecular flexibility index (Phi) is 9.63. The maximum Gasteiger partial charge on any atom is 0.542 e. The van der Waals surface area contributed by atoms with Gasteiger partial charge in [-0.05, 0) is 33.4 Å². The third-order valence-corrected chi connectivity index (χ3v) is 7.22. The first-order valence-electron chi connectivity index (χ1n) is 6.44. The van der Waals surface area contributed by atoms with Gasteiger partial charge < -0.3 is 8.85 Å². The summed E-state index contributed by atoms with van der Waals surface area (Å²) in [5, 5.41) is 1.54. The van der Waals surface area contributed by atoms with Gasteiger partial charge in [-0.1, -0.05) is 13.2 Å². The van der Waals surface area contributed by atoms with Gasteiger partial charge in [-0.2, -0.15) is 0 Å². The summed E-state index contributed by atoms with van der Waals surface area (Å²) in [6, 6.07) is 0. The highest BCUT2D eigenvalue weighted by atomic mass is 32.3. The lowest BCUT2D eigenvalue weighted by molar-refractivity contribution is 0.116. The van der Waals surface area contributed by atoms with Crippen molar-refractivity contribution < 1.29 is 21.1 Å². The largest absolute Gasteiger partial charge is 0.542 e. The minimum atomic E-state index is -3.02. The highest BCUT2D eigenvalue weighted by Gasteiger charge is 2.45. The fraction of sp³-hybridized carbons (Fsp3) is 0.667. The van der Waals surface area contributed by atoms with Gasteiger partial charge in [0.1, 0.15) is 10.9 Å². The van der Waals surface area contributed by atoms with Crippen molar-refractivity contribution in [3.63, 3.8) is 0 Å². The van der Waals surface area contributed by atoms with E-state index >= 15 is 0 Å². The third kappa shape index (κ3) is 5.78. The van der Waals surface area contributed by atoms with E-state index in [1.54, 1.807) is 11.1 Å². The molecule has 0 aliphatic heterocycles. The van der Waals surface area contributed by atoms with E-state index in [0.717, 1.165) is 0 Å². The molecule has 0 radical (unpaired) electrons. The molecule has 0 atom stereocenters. The second-order valence-corrected chi connectivity index (χ2v) is 7.88. The third-order valence-electron chi connectivity index (χ3n) is 1.94. The summed E-state index contributed by atoms with van der Waals surface area (Å²) in [6.07, 6.45) is 0. The number of hydrogen-bond donors (Lipinski definition) is 0. The Balaban J connectivity index is 5.19. The number of hydrogen-bond acceptors (Lipinski definition) is 5. The molecule has 0 N–H and O–H groups in total. The smallest absolute Gasteiger partial charge is 0.370 e. The van der Waals surface area contributed by atoms with Crippen LogP contribution in [0, 0.1) is 0 Å². The van der Waals surface area contributed by atoms with Gasteiger partial charge in [-0.15, -0.1) is 0 Å². The maximum atomic E-state index is 5.98. The minimum Gasteiger partial charge on any atom is -0.370 e. The zero-order valence-corrected chi connectivity index (χ0v) is 14.2. The molecule has 0 aliphatic rings. The molecule has 0 unspecified atom stereocenters. The molecule has 0 saturated carbocycles. The average Bonchev–Trinajstić information content (AvgIpc) is 2.39. The molecule has 0 aromatic heterocycles. The quantitative estimate of drug-likeness (QED) is 0.516. The molecule has 0 heterocycles. The predicted octanol–water partition coefficient (Wildman–Crippen LogP) is 3.51. The highest BCUT2D eigenvalue weighted by Crippen LogP contribution is 2.54. The average molecular weight is 310 g/mol. The topological polar surface area (TPSA) is 46.2 Å². The van der Waals surface area contributed by atoms with E-state index in [0.29, 0.717) is 26.4 Å². The second-order valence-electron chi connectivity index (χ2n) is 3.23. The molecule has 0 saturated heterocycles. The van der Waals surface area contributed by atoms with Crippen molar-refractivity contribution in [2.45, 2.75) is 27.7 Å². The van der Waals surface area contributed by atoms with E-state index < -0.39 is 19.7 Å². The van der Waals surface area contributed by atoms with Crippen LogP contribution in [-0.2, 0) is 21.1 Å². The van der Waals surface area contributed by atoms with Gasteiger partial charge in [-0.3, -0.25) is 12.2 Å². The van der Waals surface area contributed by atoms with Crippen molar-refractivity contribution in [1.29, 1.82) is 0 Å². The molecule has 0 aliphatic carbocycles. The van der Waals surface area contributed by atoms with Gasteiger partial charge >= 0.3 is 8.80 Å². The summed E-state index contributed by atoms with van der Waals surface area (Å²) < 4.78 is 28.5. The second kappa shape index (κ2) is 9.70. The molecule has 0 rings (SSSR count). The Hall–Kier alpha value is -0.153. The normalized spacial score (nSPS) is 13.3. The molecule has 0 amide bonds. The molecule has 7 heteroatoms. The summed E-state index contributed by atoms with van der Waals surface area (Å²) >= 11 is 0. The van der Waals surface area contributed by atoms with Gasteiger partial charge in [0.25, 0.3) is 0 Å². The van der Waals surface area contributed by atoms with Gasteiger partial charge in [0.15, 0.2) is 0 Å². The molecule has 0 bridgehead atoms. The van der Waals surface area contributed by atoms with Crippen LogP contribution < -0.4 is 0 Å². The summed E-state index contributed by atoms with van der Waals surface area (Å²) in [6.45, 7) is 16.8. The lowest BCUT2D eigenvalue weighted by Gasteiger charge is -2.39. The molecule has 5 nitrogen and oxygen atoms in total. The van der Waals surface area contributed by atoms with E-state index in [2.05, 4.69) is 13.2 Å². The van der Waals surface area contributed by atoms with Crippen LogP contribution in [0.2, 0.25) is 0 Å². The van der Waals surface area contributed by atoms with Gasteiger partial charge in [-0.25, -0.2) is 0 Å². The molecule has 0 aromatic carbocycles. The van der Waals surface area contributed by atoms with Crippen molar-refractivity contribution in [2.24, 2.45) is 0 Å². The highest BCUT2D eigenvalue weighted by molar-refractivity contribution is 8.25. The molecular formula is C12H26O5SSi. The van der Waals surface area contributed by atoms with Crippen LogP contribution in [0.5, 0.6) is 0 Å². The summed E-state index contributed by atoms with van der Waals surface area (Å²) in [5.41, 5.74) is 1.59. The SMILES string of the molecule is C=C[Si](OCC)(OCC)OS(C=C)(OCC)OCC. The van der Waals surface area contributed by atoms with E-state index in [1.807, 2.05) is 27.7 Å². The predicted molar refractivity (Wildman–Crippen MR) is 81.3 cm³/mol. The van der Waals surface area contributed by atoms with E-state index in [1.165, 1.54) is 0 Å². The van der Waals surface area contributed by atoms with E-state index in [9.17, 15) is 0 Å². The van der Waals surface area contributed by atoms with Crippen LogP contribution in [0.3, 0.4) is 0 Å². The summed E-state index contributed by atoms with van der Waals surface area (Å²) in [7, 11) is -5.36. The molecule has 0 fully saturated rings. The minimum absolute atomic E-state index is 0.446. The lowest BCUT2D eigenvalue weighted by atomic mass is 10.9. The van der Waals surface area contributed by atoms with E-state index in [-0.39, 0.29) is 0 Å². The Morgan fingerprint density at radius 1 is 0.895 bits per heavy atom. The Morgan fingerprint density at radius 3 is 1.63 bits per heavy atom. The first kappa shape index (κ1) is 18.8. The zero-order valence-electron chi connectivity index (χ0n) is 12.3. The van der Waals surface area contributed by atoms with Crippen molar-refractivity contribution >= 4 is 19.7 Å².